The lowest BCUT2D eigenvalue weighted by Gasteiger charge is -2.08. The Balaban J connectivity index is 1.56. The summed E-state index contributed by atoms with van der Waals surface area (Å²) in [7, 11) is 0. The van der Waals surface area contributed by atoms with E-state index >= 15 is 0 Å². The molecule has 1 heterocycles. The lowest BCUT2D eigenvalue weighted by atomic mass is 10.2. The van der Waals surface area contributed by atoms with E-state index in [9.17, 15) is 4.39 Å². The first-order valence-electron chi connectivity index (χ1n) is 7.72. The van der Waals surface area contributed by atoms with Crippen LogP contribution in [0.3, 0.4) is 0 Å². The van der Waals surface area contributed by atoms with E-state index in [2.05, 4.69) is 28.2 Å². The van der Waals surface area contributed by atoms with Crippen LogP contribution in [-0.4, -0.2) is 9.78 Å². The number of hydrogen-bond acceptors (Lipinski definition) is 2. The van der Waals surface area contributed by atoms with Gasteiger partial charge in [0.25, 0.3) is 0 Å². The molecule has 3 nitrogen and oxygen atoms in total. The van der Waals surface area contributed by atoms with Gasteiger partial charge >= 0.3 is 0 Å². The van der Waals surface area contributed by atoms with Crippen LogP contribution in [0.4, 0.5) is 4.39 Å². The first-order chi connectivity index (χ1) is 10.2. The van der Waals surface area contributed by atoms with E-state index in [0.717, 1.165) is 24.3 Å². The number of hydrogen-bond donors (Lipinski definition) is 1. The summed E-state index contributed by atoms with van der Waals surface area (Å²) in [6.07, 6.45) is 7.33. The van der Waals surface area contributed by atoms with Crippen molar-refractivity contribution in [2.24, 2.45) is 0 Å². The fraction of sp³-hybridized carbons (Fsp3) is 0.471. The van der Waals surface area contributed by atoms with Crippen LogP contribution in [0.15, 0.2) is 30.5 Å². The topological polar surface area (TPSA) is 29.9 Å². The molecule has 1 aliphatic carbocycles. The van der Waals surface area contributed by atoms with Gasteiger partial charge in [0.05, 0.1) is 11.7 Å². The Hall–Kier alpha value is -1.68. The average molecular weight is 287 g/mol. The van der Waals surface area contributed by atoms with Crippen LogP contribution >= 0.6 is 0 Å². The highest BCUT2D eigenvalue weighted by atomic mass is 19.1. The Morgan fingerprint density at radius 2 is 1.90 bits per heavy atom. The van der Waals surface area contributed by atoms with Gasteiger partial charge < -0.3 is 5.32 Å². The minimum atomic E-state index is -0.188. The lowest BCUT2D eigenvalue weighted by molar-refractivity contribution is 0.464. The number of benzene rings is 1. The molecule has 1 aliphatic rings. The van der Waals surface area contributed by atoms with Gasteiger partial charge in [0.15, 0.2) is 0 Å². The van der Waals surface area contributed by atoms with Crippen LogP contribution in [0, 0.1) is 12.7 Å². The number of aryl methyl sites for hydroxylation is 1. The van der Waals surface area contributed by atoms with Crippen molar-refractivity contribution in [2.75, 3.05) is 0 Å². The second-order valence-corrected chi connectivity index (χ2v) is 5.89. The number of aromatic nitrogens is 2. The summed E-state index contributed by atoms with van der Waals surface area (Å²) in [5.41, 5.74) is 3.45. The fourth-order valence-corrected chi connectivity index (χ4v) is 2.99. The fourth-order valence-electron chi connectivity index (χ4n) is 2.99. The number of rotatable bonds is 5. The van der Waals surface area contributed by atoms with Gasteiger partial charge in [-0.25, -0.2) is 4.39 Å². The predicted molar refractivity (Wildman–Crippen MR) is 81.4 cm³/mol. The largest absolute Gasteiger partial charge is 0.308 e. The van der Waals surface area contributed by atoms with Crippen molar-refractivity contribution in [1.82, 2.24) is 15.1 Å². The molecule has 1 N–H and O–H groups in total. The SMILES string of the molecule is Cc1nn(C2CCCC2)cc1CNCc1ccc(F)cc1. The molecule has 0 saturated heterocycles. The van der Waals surface area contributed by atoms with Crippen molar-refractivity contribution in [3.63, 3.8) is 0 Å². The maximum absolute atomic E-state index is 12.8. The Morgan fingerprint density at radius 1 is 1.19 bits per heavy atom. The van der Waals surface area contributed by atoms with Crippen molar-refractivity contribution in [2.45, 2.75) is 51.7 Å². The zero-order valence-electron chi connectivity index (χ0n) is 12.5. The zero-order chi connectivity index (χ0) is 14.7. The molecule has 0 aliphatic heterocycles. The molecule has 1 saturated carbocycles. The van der Waals surface area contributed by atoms with Crippen LogP contribution in [0.1, 0.15) is 48.5 Å². The van der Waals surface area contributed by atoms with Crippen molar-refractivity contribution < 1.29 is 4.39 Å². The molecular formula is C17H22FN3. The van der Waals surface area contributed by atoms with Gasteiger partial charge in [0.2, 0.25) is 0 Å². The molecule has 1 fully saturated rings. The summed E-state index contributed by atoms with van der Waals surface area (Å²) >= 11 is 0. The van der Waals surface area contributed by atoms with E-state index in [-0.39, 0.29) is 5.82 Å². The van der Waals surface area contributed by atoms with Gasteiger partial charge in [-0.3, -0.25) is 4.68 Å². The van der Waals surface area contributed by atoms with Gasteiger partial charge in [-0.2, -0.15) is 5.10 Å². The summed E-state index contributed by atoms with van der Waals surface area (Å²) in [4.78, 5) is 0. The Morgan fingerprint density at radius 3 is 2.62 bits per heavy atom. The first kappa shape index (κ1) is 14.3. The van der Waals surface area contributed by atoms with Gasteiger partial charge in [-0.05, 0) is 37.5 Å². The minimum Gasteiger partial charge on any atom is -0.308 e. The maximum Gasteiger partial charge on any atom is 0.123 e. The standard InChI is InChI=1S/C17H22FN3/c1-13-15(12-21(20-13)17-4-2-3-5-17)11-19-10-14-6-8-16(18)9-7-14/h6-9,12,17,19H,2-5,10-11H2,1H3. The van der Waals surface area contributed by atoms with Crippen LogP contribution < -0.4 is 5.32 Å². The molecule has 3 rings (SSSR count). The molecule has 0 unspecified atom stereocenters. The number of halogens is 1. The Kier molecular flexibility index (Phi) is 4.34. The molecule has 0 atom stereocenters. The lowest BCUT2D eigenvalue weighted by Crippen LogP contribution is -2.13. The van der Waals surface area contributed by atoms with Crippen LogP contribution in [0.5, 0.6) is 0 Å². The van der Waals surface area contributed by atoms with E-state index in [1.165, 1.54) is 43.4 Å². The Labute approximate surface area is 125 Å². The van der Waals surface area contributed by atoms with Crippen molar-refractivity contribution >= 4 is 0 Å². The van der Waals surface area contributed by atoms with Gasteiger partial charge in [0.1, 0.15) is 5.82 Å². The second kappa shape index (κ2) is 6.39. The molecule has 4 heteroatoms. The van der Waals surface area contributed by atoms with Crippen LogP contribution in [0.2, 0.25) is 0 Å². The van der Waals surface area contributed by atoms with Crippen LogP contribution in [-0.2, 0) is 13.1 Å². The van der Waals surface area contributed by atoms with E-state index < -0.39 is 0 Å². The number of nitrogens with zero attached hydrogens (tertiary/aromatic N) is 2. The van der Waals surface area contributed by atoms with E-state index in [1.807, 2.05) is 12.1 Å². The quantitative estimate of drug-likeness (QED) is 0.908. The second-order valence-electron chi connectivity index (χ2n) is 5.89. The molecule has 1 aromatic carbocycles. The first-order valence-corrected chi connectivity index (χ1v) is 7.72. The van der Waals surface area contributed by atoms with Crippen molar-refractivity contribution in [3.8, 4) is 0 Å². The molecule has 2 aromatic rings. The highest BCUT2D eigenvalue weighted by Gasteiger charge is 2.18. The third kappa shape index (κ3) is 3.50. The summed E-state index contributed by atoms with van der Waals surface area (Å²) in [6.45, 7) is 3.62. The highest BCUT2D eigenvalue weighted by molar-refractivity contribution is 5.18. The summed E-state index contributed by atoms with van der Waals surface area (Å²) < 4.78 is 15.0. The predicted octanol–water partition coefficient (Wildman–Crippen LogP) is 3.74. The third-order valence-electron chi connectivity index (χ3n) is 4.27. The molecule has 0 radical (unpaired) electrons. The molecule has 0 bridgehead atoms. The maximum atomic E-state index is 12.8. The van der Waals surface area contributed by atoms with E-state index in [1.54, 1.807) is 0 Å². The minimum absolute atomic E-state index is 0.188. The Bertz CT molecular complexity index is 583. The third-order valence-corrected chi connectivity index (χ3v) is 4.27. The summed E-state index contributed by atoms with van der Waals surface area (Å²) in [5.74, 6) is -0.188. The monoisotopic (exact) mass is 287 g/mol. The normalized spacial score (nSPS) is 15.7. The average Bonchev–Trinajstić information content (AvgIpc) is 3.11. The van der Waals surface area contributed by atoms with Crippen molar-refractivity contribution in [1.29, 1.82) is 0 Å². The molecule has 21 heavy (non-hydrogen) atoms. The molecular weight excluding hydrogens is 265 g/mol. The van der Waals surface area contributed by atoms with Gasteiger partial charge in [0, 0.05) is 24.8 Å². The zero-order valence-corrected chi connectivity index (χ0v) is 12.5. The highest BCUT2D eigenvalue weighted by Crippen LogP contribution is 2.29. The van der Waals surface area contributed by atoms with Gasteiger partial charge in [-0.15, -0.1) is 0 Å². The van der Waals surface area contributed by atoms with E-state index in [4.69, 9.17) is 0 Å². The van der Waals surface area contributed by atoms with Crippen LogP contribution in [0.25, 0.3) is 0 Å². The smallest absolute Gasteiger partial charge is 0.123 e. The molecule has 1 aromatic heterocycles. The summed E-state index contributed by atoms with van der Waals surface area (Å²) in [5, 5.41) is 8.06. The van der Waals surface area contributed by atoms with Gasteiger partial charge in [-0.1, -0.05) is 25.0 Å². The molecule has 0 spiro atoms. The van der Waals surface area contributed by atoms with Crippen molar-refractivity contribution in [3.05, 3.63) is 53.1 Å². The number of nitrogens with one attached hydrogen (secondary N) is 1. The summed E-state index contributed by atoms with van der Waals surface area (Å²) in [6, 6.07) is 7.23. The molecule has 0 amide bonds. The van der Waals surface area contributed by atoms with E-state index in [0.29, 0.717) is 6.04 Å². The molecule has 112 valence electrons.